The van der Waals surface area contributed by atoms with Crippen LogP contribution in [0, 0.1) is 5.82 Å². The molecule has 0 saturated heterocycles. The Bertz CT molecular complexity index is 361. The van der Waals surface area contributed by atoms with Crippen molar-refractivity contribution in [3.05, 3.63) is 29.6 Å². The molecule has 3 heteroatoms. The van der Waals surface area contributed by atoms with Gasteiger partial charge in [0.2, 0.25) is 0 Å². The number of anilines is 1. The van der Waals surface area contributed by atoms with Crippen LogP contribution in [0.5, 0.6) is 0 Å². The molecule has 2 rings (SSSR count). The maximum Gasteiger partial charge on any atom is 0.146 e. The molecule has 1 aliphatic carbocycles. The summed E-state index contributed by atoms with van der Waals surface area (Å²) in [6, 6.07) is 5.77. The summed E-state index contributed by atoms with van der Waals surface area (Å²) < 4.78 is 13.8. The van der Waals surface area contributed by atoms with Gasteiger partial charge in [-0.1, -0.05) is 18.9 Å². The van der Waals surface area contributed by atoms with Crippen molar-refractivity contribution in [3.8, 4) is 0 Å². The van der Waals surface area contributed by atoms with Crippen LogP contribution in [-0.2, 0) is 5.88 Å². The van der Waals surface area contributed by atoms with Gasteiger partial charge in [-0.2, -0.15) is 0 Å². The normalized spacial score (nSPS) is 16.7. The van der Waals surface area contributed by atoms with Gasteiger partial charge in [-0.15, -0.1) is 11.6 Å². The third kappa shape index (κ3) is 2.32. The molecular formula is C13H17ClFN. The Morgan fingerprint density at radius 3 is 2.62 bits per heavy atom. The molecule has 88 valence electrons. The number of hydrogen-bond donors (Lipinski definition) is 0. The van der Waals surface area contributed by atoms with E-state index in [-0.39, 0.29) is 5.82 Å². The second kappa shape index (κ2) is 5.05. The van der Waals surface area contributed by atoms with E-state index in [9.17, 15) is 4.39 Å². The molecule has 1 aliphatic rings. The lowest BCUT2D eigenvalue weighted by molar-refractivity contribution is 0.594. The van der Waals surface area contributed by atoms with Crippen LogP contribution in [0.1, 0.15) is 31.2 Å². The highest BCUT2D eigenvalue weighted by atomic mass is 35.5. The summed E-state index contributed by atoms with van der Waals surface area (Å²) in [5.41, 5.74) is 1.53. The molecule has 0 amide bonds. The molecule has 0 aromatic heterocycles. The number of rotatable bonds is 3. The monoisotopic (exact) mass is 241 g/mol. The molecule has 0 N–H and O–H groups in total. The average Bonchev–Trinajstić information content (AvgIpc) is 2.81. The number of hydrogen-bond acceptors (Lipinski definition) is 1. The zero-order valence-electron chi connectivity index (χ0n) is 9.55. The third-order valence-corrected chi connectivity index (χ3v) is 3.73. The van der Waals surface area contributed by atoms with E-state index >= 15 is 0 Å². The second-order valence-electron chi connectivity index (χ2n) is 4.47. The molecule has 0 radical (unpaired) electrons. The Kier molecular flexibility index (Phi) is 3.70. The molecule has 0 spiro atoms. The van der Waals surface area contributed by atoms with Gasteiger partial charge in [0, 0.05) is 19.0 Å². The molecule has 0 heterocycles. The molecule has 0 atom stereocenters. The van der Waals surface area contributed by atoms with E-state index in [4.69, 9.17) is 11.6 Å². The summed E-state index contributed by atoms with van der Waals surface area (Å²) in [6.07, 6.45) is 4.87. The van der Waals surface area contributed by atoms with Crippen molar-refractivity contribution in [2.24, 2.45) is 0 Å². The Balaban J connectivity index is 2.19. The zero-order chi connectivity index (χ0) is 11.5. The third-order valence-electron chi connectivity index (χ3n) is 3.42. The van der Waals surface area contributed by atoms with E-state index in [1.54, 1.807) is 0 Å². The summed E-state index contributed by atoms with van der Waals surface area (Å²) in [5.74, 6) is 0.206. The van der Waals surface area contributed by atoms with Crippen LogP contribution in [0.4, 0.5) is 10.1 Å². The van der Waals surface area contributed by atoms with E-state index in [1.807, 2.05) is 19.2 Å². The average molecular weight is 242 g/mol. The van der Waals surface area contributed by atoms with Crippen molar-refractivity contribution in [1.82, 2.24) is 0 Å². The Morgan fingerprint density at radius 1 is 1.38 bits per heavy atom. The number of halogens is 2. The fourth-order valence-electron chi connectivity index (χ4n) is 2.41. The Labute approximate surface area is 101 Å². The van der Waals surface area contributed by atoms with Crippen LogP contribution in [-0.4, -0.2) is 13.1 Å². The largest absolute Gasteiger partial charge is 0.369 e. The predicted octanol–water partition coefficient (Wildman–Crippen LogP) is 3.94. The molecule has 1 aromatic rings. The van der Waals surface area contributed by atoms with Crippen LogP contribution < -0.4 is 4.90 Å². The highest BCUT2D eigenvalue weighted by molar-refractivity contribution is 6.17. The molecule has 0 aliphatic heterocycles. The molecular weight excluding hydrogens is 225 g/mol. The quantitative estimate of drug-likeness (QED) is 0.725. The summed E-state index contributed by atoms with van der Waals surface area (Å²) in [6.45, 7) is 0. The van der Waals surface area contributed by atoms with Crippen molar-refractivity contribution in [1.29, 1.82) is 0 Å². The molecule has 0 bridgehead atoms. The van der Waals surface area contributed by atoms with Crippen molar-refractivity contribution in [2.45, 2.75) is 37.6 Å². The minimum absolute atomic E-state index is 0.160. The first-order chi connectivity index (χ1) is 7.72. The van der Waals surface area contributed by atoms with Gasteiger partial charge in [0.1, 0.15) is 5.82 Å². The molecule has 1 saturated carbocycles. The maximum absolute atomic E-state index is 13.8. The molecule has 0 unspecified atom stereocenters. The van der Waals surface area contributed by atoms with Gasteiger partial charge in [0.25, 0.3) is 0 Å². The molecule has 1 aromatic carbocycles. The standard InChI is InChI=1S/C13H17ClFN/c1-16(11-4-2-3-5-11)13-7-6-10(9-14)8-12(13)15/h6-8,11H,2-5,9H2,1H3. The highest BCUT2D eigenvalue weighted by Gasteiger charge is 2.21. The van der Waals surface area contributed by atoms with E-state index in [2.05, 4.69) is 4.90 Å². The van der Waals surface area contributed by atoms with E-state index in [0.717, 1.165) is 5.56 Å². The van der Waals surface area contributed by atoms with Gasteiger partial charge in [-0.3, -0.25) is 0 Å². The lowest BCUT2D eigenvalue weighted by Gasteiger charge is -2.27. The zero-order valence-corrected chi connectivity index (χ0v) is 10.3. The molecule has 1 fully saturated rings. The van der Waals surface area contributed by atoms with Gasteiger partial charge < -0.3 is 4.90 Å². The van der Waals surface area contributed by atoms with Crippen LogP contribution in [0.2, 0.25) is 0 Å². The maximum atomic E-state index is 13.8. The van der Waals surface area contributed by atoms with Gasteiger partial charge in [0.15, 0.2) is 0 Å². The fourth-order valence-corrected chi connectivity index (χ4v) is 2.57. The van der Waals surface area contributed by atoms with E-state index in [0.29, 0.717) is 17.6 Å². The van der Waals surface area contributed by atoms with Crippen LogP contribution in [0.3, 0.4) is 0 Å². The lowest BCUT2D eigenvalue weighted by Crippen LogP contribution is -2.29. The molecule has 1 nitrogen and oxygen atoms in total. The van der Waals surface area contributed by atoms with Crippen molar-refractivity contribution in [3.63, 3.8) is 0 Å². The van der Waals surface area contributed by atoms with Gasteiger partial charge >= 0.3 is 0 Å². The number of nitrogens with zero attached hydrogens (tertiary/aromatic N) is 1. The highest BCUT2D eigenvalue weighted by Crippen LogP contribution is 2.29. The van der Waals surface area contributed by atoms with Crippen molar-refractivity contribution < 1.29 is 4.39 Å². The molecule has 16 heavy (non-hydrogen) atoms. The van der Waals surface area contributed by atoms with Crippen LogP contribution >= 0.6 is 11.6 Å². The van der Waals surface area contributed by atoms with Gasteiger partial charge in [0.05, 0.1) is 5.69 Å². The first kappa shape index (κ1) is 11.7. The minimum atomic E-state index is -0.160. The lowest BCUT2D eigenvalue weighted by atomic mass is 10.1. The second-order valence-corrected chi connectivity index (χ2v) is 4.74. The Morgan fingerprint density at radius 2 is 2.06 bits per heavy atom. The first-order valence-corrected chi connectivity index (χ1v) is 6.33. The van der Waals surface area contributed by atoms with Gasteiger partial charge in [-0.25, -0.2) is 4.39 Å². The summed E-state index contributed by atoms with van der Waals surface area (Å²) in [7, 11) is 1.98. The fraction of sp³-hybridized carbons (Fsp3) is 0.538. The van der Waals surface area contributed by atoms with Crippen LogP contribution in [0.25, 0.3) is 0 Å². The summed E-state index contributed by atoms with van der Waals surface area (Å²) in [4.78, 5) is 2.07. The summed E-state index contributed by atoms with van der Waals surface area (Å²) >= 11 is 5.68. The summed E-state index contributed by atoms with van der Waals surface area (Å²) in [5, 5.41) is 0. The predicted molar refractivity (Wildman–Crippen MR) is 66.6 cm³/mol. The van der Waals surface area contributed by atoms with Crippen LogP contribution in [0.15, 0.2) is 18.2 Å². The first-order valence-electron chi connectivity index (χ1n) is 5.79. The topological polar surface area (TPSA) is 3.24 Å². The van der Waals surface area contributed by atoms with E-state index < -0.39 is 0 Å². The minimum Gasteiger partial charge on any atom is -0.369 e. The van der Waals surface area contributed by atoms with Gasteiger partial charge in [-0.05, 0) is 30.5 Å². The number of benzene rings is 1. The Hall–Kier alpha value is -0.760. The van der Waals surface area contributed by atoms with Crippen molar-refractivity contribution >= 4 is 17.3 Å². The number of alkyl halides is 1. The van der Waals surface area contributed by atoms with Crippen molar-refractivity contribution in [2.75, 3.05) is 11.9 Å². The SMILES string of the molecule is CN(c1ccc(CCl)cc1F)C1CCCC1. The van der Waals surface area contributed by atoms with E-state index in [1.165, 1.54) is 31.7 Å². The smallest absolute Gasteiger partial charge is 0.146 e.